The van der Waals surface area contributed by atoms with Crippen molar-refractivity contribution < 1.29 is 23.9 Å². The molecule has 2 rings (SSSR count). The minimum Gasteiger partial charge on any atom is -0.494 e. The Morgan fingerprint density at radius 2 is 2.44 bits per heavy atom. The third-order valence-corrected chi connectivity index (χ3v) is 2.62. The van der Waals surface area contributed by atoms with Gasteiger partial charge < -0.3 is 14.7 Å². The molecule has 0 radical (unpaired) electrons. The van der Waals surface area contributed by atoms with Crippen LogP contribution in [0.3, 0.4) is 0 Å². The van der Waals surface area contributed by atoms with E-state index >= 15 is 0 Å². The Morgan fingerprint density at radius 3 is 3.06 bits per heavy atom. The minimum absolute atomic E-state index is 0.119. The van der Waals surface area contributed by atoms with E-state index < -0.39 is 17.9 Å². The third kappa shape index (κ3) is 2.58. The first-order chi connectivity index (χ1) is 8.60. The smallest absolute Gasteiger partial charge is 0.307 e. The molecule has 1 atom stereocenters. The molecule has 0 amide bonds. The van der Waals surface area contributed by atoms with E-state index in [1.54, 1.807) is 6.07 Å². The van der Waals surface area contributed by atoms with Crippen molar-refractivity contribution in [1.82, 2.24) is 0 Å². The predicted molar refractivity (Wildman–Crippen MR) is 61.2 cm³/mol. The van der Waals surface area contributed by atoms with E-state index in [0.717, 1.165) is 0 Å². The summed E-state index contributed by atoms with van der Waals surface area (Å²) < 4.78 is 18.3. The lowest BCUT2D eigenvalue weighted by Gasteiger charge is -2.05. The summed E-state index contributed by atoms with van der Waals surface area (Å²) in [6.07, 6.45) is -0.244. The summed E-state index contributed by atoms with van der Waals surface area (Å²) in [6, 6.07) is 4.45. The van der Waals surface area contributed by atoms with Crippen molar-refractivity contribution in [2.24, 2.45) is 5.16 Å². The molecule has 6 heteroatoms. The Kier molecular flexibility index (Phi) is 3.45. The zero-order valence-electron chi connectivity index (χ0n) is 9.72. The lowest BCUT2D eigenvalue weighted by Crippen LogP contribution is -2.13. The number of carbonyl (C=O) groups is 1. The van der Waals surface area contributed by atoms with Gasteiger partial charge in [-0.25, -0.2) is 4.39 Å². The Hall–Kier alpha value is -2.11. The van der Waals surface area contributed by atoms with Gasteiger partial charge in [0.25, 0.3) is 0 Å². The quantitative estimate of drug-likeness (QED) is 0.888. The van der Waals surface area contributed by atoms with Crippen molar-refractivity contribution in [3.63, 3.8) is 0 Å². The average Bonchev–Trinajstić information content (AvgIpc) is 2.76. The number of aliphatic carboxylic acids is 1. The van der Waals surface area contributed by atoms with Crippen LogP contribution < -0.4 is 4.74 Å². The van der Waals surface area contributed by atoms with Crippen molar-refractivity contribution in [2.75, 3.05) is 7.11 Å². The molecule has 1 aliphatic rings. The number of benzene rings is 1. The van der Waals surface area contributed by atoms with Crippen molar-refractivity contribution in [3.05, 3.63) is 29.6 Å². The molecule has 1 aromatic rings. The summed E-state index contributed by atoms with van der Waals surface area (Å²) in [5.74, 6) is -1.28. The number of hydrogen-bond donors (Lipinski definition) is 1. The van der Waals surface area contributed by atoms with Crippen LogP contribution in [0.4, 0.5) is 4.39 Å². The number of ether oxygens (including phenoxy) is 1. The van der Waals surface area contributed by atoms with Crippen LogP contribution >= 0.6 is 0 Å². The van der Waals surface area contributed by atoms with E-state index in [1.807, 2.05) is 0 Å². The summed E-state index contributed by atoms with van der Waals surface area (Å²) >= 11 is 0. The van der Waals surface area contributed by atoms with E-state index in [0.29, 0.717) is 17.7 Å². The molecule has 1 aromatic carbocycles. The van der Waals surface area contributed by atoms with E-state index in [2.05, 4.69) is 5.16 Å². The van der Waals surface area contributed by atoms with Crippen LogP contribution in [-0.4, -0.2) is 30.0 Å². The number of halogens is 1. The Balaban J connectivity index is 2.10. The standard InChI is InChI=1S/C12H12FNO4/c1-17-11-3-2-7(4-9(11)13)10-5-8(18-14-10)6-12(15)16/h2-4,8H,5-6H2,1H3,(H,15,16). The average molecular weight is 253 g/mol. The summed E-state index contributed by atoms with van der Waals surface area (Å²) in [5.41, 5.74) is 1.11. The van der Waals surface area contributed by atoms with Gasteiger partial charge in [-0.1, -0.05) is 5.16 Å². The highest BCUT2D eigenvalue weighted by molar-refractivity contribution is 6.01. The number of rotatable bonds is 4. The first-order valence-corrected chi connectivity index (χ1v) is 5.38. The molecule has 5 nitrogen and oxygen atoms in total. The maximum absolute atomic E-state index is 13.5. The third-order valence-electron chi connectivity index (χ3n) is 2.62. The maximum atomic E-state index is 13.5. The number of oxime groups is 1. The maximum Gasteiger partial charge on any atom is 0.307 e. The molecule has 0 fully saturated rings. The van der Waals surface area contributed by atoms with E-state index in [4.69, 9.17) is 14.7 Å². The molecule has 0 saturated carbocycles. The first kappa shape index (κ1) is 12.3. The van der Waals surface area contributed by atoms with Crippen LogP contribution in [0, 0.1) is 5.82 Å². The Labute approximate surface area is 103 Å². The summed E-state index contributed by atoms with van der Waals surface area (Å²) in [5, 5.41) is 12.4. The first-order valence-electron chi connectivity index (χ1n) is 5.38. The molecular weight excluding hydrogens is 241 g/mol. The molecule has 1 aliphatic heterocycles. The molecule has 1 unspecified atom stereocenters. The van der Waals surface area contributed by atoms with Crippen LogP contribution in [-0.2, 0) is 9.63 Å². The fraction of sp³-hybridized carbons (Fsp3) is 0.333. The predicted octanol–water partition coefficient (Wildman–Crippen LogP) is 1.80. The number of carboxylic acid groups (broad SMARTS) is 1. The lowest BCUT2D eigenvalue weighted by atomic mass is 10.0. The van der Waals surface area contributed by atoms with Gasteiger partial charge >= 0.3 is 5.97 Å². The van der Waals surface area contributed by atoms with Crippen LogP contribution in [0.5, 0.6) is 5.75 Å². The lowest BCUT2D eigenvalue weighted by molar-refractivity contribution is -0.139. The monoisotopic (exact) mass is 253 g/mol. The molecule has 0 aromatic heterocycles. The second-order valence-corrected chi connectivity index (χ2v) is 3.92. The van der Waals surface area contributed by atoms with Crippen LogP contribution in [0.1, 0.15) is 18.4 Å². The molecular formula is C12H12FNO4. The van der Waals surface area contributed by atoms with Gasteiger partial charge in [0.1, 0.15) is 6.10 Å². The summed E-state index contributed by atoms with van der Waals surface area (Å²) in [6.45, 7) is 0. The molecule has 96 valence electrons. The second kappa shape index (κ2) is 5.03. The molecule has 0 spiro atoms. The molecule has 0 saturated heterocycles. The van der Waals surface area contributed by atoms with E-state index in [1.165, 1.54) is 19.2 Å². The number of hydrogen-bond acceptors (Lipinski definition) is 4. The molecule has 18 heavy (non-hydrogen) atoms. The van der Waals surface area contributed by atoms with Crippen LogP contribution in [0.2, 0.25) is 0 Å². The highest BCUT2D eigenvalue weighted by Crippen LogP contribution is 2.23. The Bertz CT molecular complexity index is 501. The van der Waals surface area contributed by atoms with Gasteiger partial charge in [0.05, 0.1) is 19.2 Å². The van der Waals surface area contributed by atoms with Crippen molar-refractivity contribution in [3.8, 4) is 5.75 Å². The zero-order valence-corrected chi connectivity index (χ0v) is 9.72. The minimum atomic E-state index is -0.947. The highest BCUT2D eigenvalue weighted by Gasteiger charge is 2.25. The second-order valence-electron chi connectivity index (χ2n) is 3.92. The fourth-order valence-electron chi connectivity index (χ4n) is 1.75. The summed E-state index contributed by atoms with van der Waals surface area (Å²) in [7, 11) is 1.39. The van der Waals surface area contributed by atoms with Crippen molar-refractivity contribution in [2.45, 2.75) is 18.9 Å². The number of nitrogens with zero attached hydrogens (tertiary/aromatic N) is 1. The fourth-order valence-corrected chi connectivity index (χ4v) is 1.75. The number of carboxylic acids is 1. The van der Waals surface area contributed by atoms with Crippen LogP contribution in [0.25, 0.3) is 0 Å². The van der Waals surface area contributed by atoms with E-state index in [-0.39, 0.29) is 12.2 Å². The van der Waals surface area contributed by atoms with Gasteiger partial charge in [-0.05, 0) is 18.2 Å². The highest BCUT2D eigenvalue weighted by atomic mass is 19.1. The molecule has 1 heterocycles. The zero-order chi connectivity index (χ0) is 13.1. The van der Waals surface area contributed by atoms with Crippen LogP contribution in [0.15, 0.2) is 23.4 Å². The molecule has 0 bridgehead atoms. The largest absolute Gasteiger partial charge is 0.494 e. The molecule has 0 aliphatic carbocycles. The van der Waals surface area contributed by atoms with Gasteiger partial charge in [-0.3, -0.25) is 4.79 Å². The normalized spacial score (nSPS) is 18.1. The molecule has 1 N–H and O–H groups in total. The van der Waals surface area contributed by atoms with Crippen molar-refractivity contribution in [1.29, 1.82) is 0 Å². The van der Waals surface area contributed by atoms with Gasteiger partial charge in [0.15, 0.2) is 11.6 Å². The van der Waals surface area contributed by atoms with Gasteiger partial charge in [-0.2, -0.15) is 0 Å². The van der Waals surface area contributed by atoms with Gasteiger partial charge in [0, 0.05) is 12.0 Å². The van der Waals surface area contributed by atoms with Gasteiger partial charge in [0.2, 0.25) is 0 Å². The van der Waals surface area contributed by atoms with Crippen molar-refractivity contribution >= 4 is 11.7 Å². The SMILES string of the molecule is COc1ccc(C2=NOC(CC(=O)O)C2)cc1F. The van der Waals surface area contributed by atoms with E-state index in [9.17, 15) is 9.18 Å². The number of methoxy groups -OCH3 is 1. The topological polar surface area (TPSA) is 68.1 Å². The summed E-state index contributed by atoms with van der Waals surface area (Å²) in [4.78, 5) is 15.5. The van der Waals surface area contributed by atoms with Gasteiger partial charge in [-0.15, -0.1) is 0 Å². The Morgan fingerprint density at radius 1 is 1.67 bits per heavy atom.